The Labute approximate surface area is 217 Å². The van der Waals surface area contributed by atoms with E-state index in [1.54, 1.807) is 13.2 Å². The van der Waals surface area contributed by atoms with Crippen molar-refractivity contribution in [3.8, 4) is 11.8 Å². The average Bonchev–Trinajstić information content (AvgIpc) is 3.64. The van der Waals surface area contributed by atoms with Crippen LogP contribution in [-0.4, -0.2) is 78.5 Å². The molecule has 1 aliphatic carbocycles. The number of nitrogens with one attached hydrogen (secondary N) is 2. The summed E-state index contributed by atoms with van der Waals surface area (Å²) in [6, 6.07) is 5.02. The Morgan fingerprint density at radius 3 is 2.89 bits per heavy atom. The summed E-state index contributed by atoms with van der Waals surface area (Å²) in [6.07, 6.45) is 0.305. The van der Waals surface area contributed by atoms with E-state index in [4.69, 9.17) is 35.3 Å². The molecular formula is C25H28ClFN4O6. The zero-order chi connectivity index (χ0) is 25.5. The summed E-state index contributed by atoms with van der Waals surface area (Å²) in [5, 5.41) is 13.6. The number of aliphatic hydroxyl groups excluding tert-OH is 1. The van der Waals surface area contributed by atoms with Crippen LogP contribution in [0.5, 0.6) is 11.8 Å². The van der Waals surface area contributed by atoms with Gasteiger partial charge in [-0.25, -0.2) is 9.37 Å². The third-order valence-electron chi connectivity index (χ3n) is 7.08. The Morgan fingerprint density at radius 1 is 1.16 bits per heavy atom. The largest absolute Gasteiger partial charge is 0.491 e. The minimum Gasteiger partial charge on any atom is -0.491 e. The number of benzene rings is 1. The Kier molecular flexibility index (Phi) is 6.80. The van der Waals surface area contributed by atoms with Crippen molar-refractivity contribution in [2.45, 2.75) is 37.2 Å². The van der Waals surface area contributed by atoms with Crippen LogP contribution in [0.4, 0.5) is 10.2 Å². The number of hydrogen-bond donors (Lipinski definition) is 3. The van der Waals surface area contributed by atoms with Crippen LogP contribution in [0.1, 0.15) is 23.6 Å². The zero-order valence-electron chi connectivity index (χ0n) is 20.2. The van der Waals surface area contributed by atoms with E-state index in [1.165, 1.54) is 6.07 Å². The van der Waals surface area contributed by atoms with Crippen molar-refractivity contribution in [3.05, 3.63) is 40.2 Å². The summed E-state index contributed by atoms with van der Waals surface area (Å²) < 4.78 is 42.7. The number of fused-ring (bicyclic) bond motifs is 3. The Balaban J connectivity index is 1.14. The van der Waals surface area contributed by atoms with Crippen LogP contribution in [0.2, 0.25) is 5.02 Å². The molecule has 0 bridgehead atoms. The lowest BCUT2D eigenvalue weighted by Crippen LogP contribution is -2.31. The molecule has 1 unspecified atom stereocenters. The highest BCUT2D eigenvalue weighted by Gasteiger charge is 2.47. The van der Waals surface area contributed by atoms with Crippen LogP contribution >= 0.6 is 11.6 Å². The molecule has 0 amide bonds. The first-order chi connectivity index (χ1) is 18.0. The number of H-pyrrole nitrogens is 1. The summed E-state index contributed by atoms with van der Waals surface area (Å²) >= 11 is 6.51. The highest BCUT2D eigenvalue weighted by molar-refractivity contribution is 6.33. The molecular weight excluding hydrogens is 507 g/mol. The van der Waals surface area contributed by atoms with E-state index in [-0.39, 0.29) is 36.6 Å². The first-order valence-corrected chi connectivity index (χ1v) is 12.7. The third kappa shape index (κ3) is 4.82. The molecule has 3 aliphatic rings. The lowest BCUT2D eigenvalue weighted by Gasteiger charge is -2.17. The number of pyridine rings is 1. The summed E-state index contributed by atoms with van der Waals surface area (Å²) in [7, 11) is 1.59. The van der Waals surface area contributed by atoms with Gasteiger partial charge in [-0.15, -0.1) is 0 Å². The highest BCUT2D eigenvalue weighted by Crippen LogP contribution is 2.39. The van der Waals surface area contributed by atoms with E-state index < -0.39 is 6.10 Å². The molecule has 2 fully saturated rings. The lowest BCUT2D eigenvalue weighted by atomic mass is 10.0. The van der Waals surface area contributed by atoms with E-state index in [0.717, 1.165) is 5.56 Å². The number of anilines is 1. The van der Waals surface area contributed by atoms with Crippen molar-refractivity contribution in [2.75, 3.05) is 45.5 Å². The first-order valence-electron chi connectivity index (χ1n) is 12.3. The van der Waals surface area contributed by atoms with Crippen LogP contribution in [0, 0.1) is 11.7 Å². The summed E-state index contributed by atoms with van der Waals surface area (Å²) in [5.74, 6) is 0.577. The van der Waals surface area contributed by atoms with Gasteiger partial charge >= 0.3 is 0 Å². The SMILES string of the molecule is COCCOc1cc(F)c2c(c1)CCC2Nc1nc2nc(OC[C@@H]3CO[C@H]4[C@@H]3OC[C@H]4O)[nH]c2cc1Cl. The molecule has 1 aromatic carbocycles. The molecule has 10 nitrogen and oxygen atoms in total. The van der Waals surface area contributed by atoms with E-state index in [0.29, 0.717) is 78.6 Å². The molecule has 2 aliphatic heterocycles. The predicted octanol–water partition coefficient (Wildman–Crippen LogP) is 3.03. The second kappa shape index (κ2) is 10.2. The second-order valence-electron chi connectivity index (χ2n) is 9.52. The van der Waals surface area contributed by atoms with Gasteiger partial charge in [0.2, 0.25) is 0 Å². The number of ether oxygens (including phenoxy) is 5. The summed E-state index contributed by atoms with van der Waals surface area (Å²) in [6.45, 7) is 1.84. The number of nitrogens with zero attached hydrogens (tertiary/aromatic N) is 2. The average molecular weight is 535 g/mol. The summed E-state index contributed by atoms with van der Waals surface area (Å²) in [4.78, 5) is 12.1. The molecule has 0 radical (unpaired) electrons. The maximum Gasteiger partial charge on any atom is 0.296 e. The van der Waals surface area contributed by atoms with Crippen LogP contribution in [0.15, 0.2) is 18.2 Å². The van der Waals surface area contributed by atoms with Gasteiger partial charge in [0.15, 0.2) is 5.65 Å². The highest BCUT2D eigenvalue weighted by atomic mass is 35.5. The monoisotopic (exact) mass is 534 g/mol. The van der Waals surface area contributed by atoms with Gasteiger partial charge in [0, 0.05) is 24.7 Å². The molecule has 2 aromatic heterocycles. The smallest absolute Gasteiger partial charge is 0.296 e. The Hall–Kier alpha value is -2.70. The van der Waals surface area contributed by atoms with E-state index in [1.807, 2.05) is 6.07 Å². The number of aromatic amines is 1. The second-order valence-corrected chi connectivity index (χ2v) is 9.93. The molecule has 6 rings (SSSR count). The van der Waals surface area contributed by atoms with E-state index in [9.17, 15) is 5.11 Å². The molecule has 12 heteroatoms. The van der Waals surface area contributed by atoms with Crippen molar-refractivity contribution in [3.63, 3.8) is 0 Å². The Bertz CT molecular complexity index is 1290. The van der Waals surface area contributed by atoms with Crippen molar-refractivity contribution < 1.29 is 33.2 Å². The van der Waals surface area contributed by atoms with Gasteiger partial charge in [-0.2, -0.15) is 4.98 Å². The van der Waals surface area contributed by atoms with Crippen LogP contribution in [0.3, 0.4) is 0 Å². The number of hydrogen-bond acceptors (Lipinski definition) is 9. The van der Waals surface area contributed by atoms with Crippen molar-refractivity contribution in [1.29, 1.82) is 0 Å². The van der Waals surface area contributed by atoms with Crippen molar-refractivity contribution in [1.82, 2.24) is 15.0 Å². The van der Waals surface area contributed by atoms with Gasteiger partial charge in [-0.3, -0.25) is 0 Å². The number of aryl methyl sites for hydroxylation is 1. The van der Waals surface area contributed by atoms with Gasteiger partial charge < -0.3 is 39.1 Å². The minimum absolute atomic E-state index is 0.00707. The van der Waals surface area contributed by atoms with Crippen LogP contribution < -0.4 is 14.8 Å². The third-order valence-corrected chi connectivity index (χ3v) is 7.36. The van der Waals surface area contributed by atoms with Crippen LogP contribution in [0.25, 0.3) is 11.2 Å². The van der Waals surface area contributed by atoms with Crippen molar-refractivity contribution in [2.24, 2.45) is 5.92 Å². The molecule has 3 aromatic rings. The number of aliphatic hydroxyl groups is 1. The molecule has 2 saturated heterocycles. The molecule has 4 heterocycles. The van der Waals surface area contributed by atoms with Gasteiger partial charge in [0.25, 0.3) is 6.01 Å². The number of imidazole rings is 1. The number of aromatic nitrogens is 3. The maximum absolute atomic E-state index is 15.0. The quantitative estimate of drug-likeness (QED) is 0.356. The molecule has 3 N–H and O–H groups in total. The number of halogens is 2. The van der Waals surface area contributed by atoms with Gasteiger partial charge in [-0.1, -0.05) is 11.6 Å². The zero-order valence-corrected chi connectivity index (χ0v) is 21.0. The number of methoxy groups -OCH3 is 1. The van der Waals surface area contributed by atoms with E-state index >= 15 is 4.39 Å². The fourth-order valence-corrected chi connectivity index (χ4v) is 5.48. The predicted molar refractivity (Wildman–Crippen MR) is 132 cm³/mol. The lowest BCUT2D eigenvalue weighted by molar-refractivity contribution is 0.0151. The molecule has 37 heavy (non-hydrogen) atoms. The van der Waals surface area contributed by atoms with Gasteiger partial charge in [0.05, 0.1) is 49.1 Å². The fraction of sp³-hybridized carbons (Fsp3) is 0.520. The molecule has 5 atom stereocenters. The maximum atomic E-state index is 15.0. The van der Waals surface area contributed by atoms with Crippen LogP contribution in [-0.2, 0) is 20.6 Å². The van der Waals surface area contributed by atoms with Crippen molar-refractivity contribution >= 4 is 28.6 Å². The molecule has 0 spiro atoms. The van der Waals surface area contributed by atoms with E-state index in [2.05, 4.69) is 20.3 Å². The molecule has 198 valence electrons. The normalized spacial score (nSPS) is 26.4. The van der Waals surface area contributed by atoms with Gasteiger partial charge in [0.1, 0.15) is 36.2 Å². The van der Waals surface area contributed by atoms with Gasteiger partial charge in [-0.05, 0) is 30.5 Å². The number of rotatable bonds is 9. The standard InChI is InChI=1S/C25H28ClFN4O6/c1-33-4-5-34-14-6-12-2-3-17(20(12)16(27)7-14)28-23-15(26)8-18-24(30-23)31-25(29-18)37-10-13-9-35-22-19(32)11-36-21(13)22/h6-8,13,17,19,21-22,32H,2-5,9-11H2,1H3,(H2,28,29,30,31)/t13-,17?,19+,21+,22+/m0/s1. The topological polar surface area (TPSA) is 120 Å². The summed E-state index contributed by atoms with van der Waals surface area (Å²) in [5.41, 5.74) is 2.54. The minimum atomic E-state index is -0.602. The first kappa shape index (κ1) is 24.6. The fourth-order valence-electron chi connectivity index (χ4n) is 5.28. The Morgan fingerprint density at radius 2 is 2.03 bits per heavy atom. The molecule has 0 saturated carbocycles.